The molecule has 0 aliphatic carbocycles. The summed E-state index contributed by atoms with van der Waals surface area (Å²) in [6, 6.07) is 0. The molecule has 0 rings (SSSR count). The summed E-state index contributed by atoms with van der Waals surface area (Å²) < 4.78 is 8.39. The van der Waals surface area contributed by atoms with Gasteiger partial charge in [0.2, 0.25) is 0 Å². The van der Waals surface area contributed by atoms with Gasteiger partial charge in [0.25, 0.3) is 0 Å². The summed E-state index contributed by atoms with van der Waals surface area (Å²) in [7, 11) is 0. The Hall–Kier alpha value is 2.22. The molecule has 1 nitrogen and oxygen atoms in total. The fourth-order valence-corrected chi connectivity index (χ4v) is 0. The van der Waals surface area contributed by atoms with Gasteiger partial charge >= 0.3 is 28.5 Å². The quantitative estimate of drug-likeness (QED) is 0.480. The van der Waals surface area contributed by atoms with Gasteiger partial charge in [0, 0.05) is 45.3 Å². The second-order valence-corrected chi connectivity index (χ2v) is 0. The minimum atomic E-state index is 0. The van der Waals surface area contributed by atoms with Crippen molar-refractivity contribution in [1.82, 2.24) is 0 Å². The van der Waals surface area contributed by atoms with Gasteiger partial charge in [-0.2, -0.15) is 0 Å². The first kappa shape index (κ1) is 16.4. The third-order valence-corrected chi connectivity index (χ3v) is 0. The molecule has 0 saturated carbocycles. The van der Waals surface area contributed by atoms with Gasteiger partial charge in [-0.15, -0.1) is 0 Å². The van der Waals surface area contributed by atoms with Gasteiger partial charge < -0.3 is 0 Å². The summed E-state index contributed by atoms with van der Waals surface area (Å²) in [4.78, 5) is 0. The topological polar surface area (TPSA) is 17.1 Å². The van der Waals surface area contributed by atoms with Crippen LogP contribution < -0.4 is 0 Å². The molecular formula is InOPbZn. The molecule has 4 heteroatoms. The Labute approximate surface area is 72.6 Å². The van der Waals surface area contributed by atoms with E-state index in [1.54, 1.807) is 0 Å². The summed E-state index contributed by atoms with van der Waals surface area (Å²) in [5.41, 5.74) is 0. The molecular weight excluding hydrogens is 403 g/mol. The monoisotopic (exact) mass is 403 g/mol. The second-order valence-electron chi connectivity index (χ2n) is 0. The standard InChI is InChI=1S/In.O.Pb.Zn. The normalized spacial score (nSPS) is 1.00. The van der Waals surface area contributed by atoms with Crippen LogP contribution >= 0.6 is 0 Å². The van der Waals surface area contributed by atoms with Crippen molar-refractivity contribution in [2.24, 2.45) is 0 Å². The average Bonchev–Trinajstić information content (AvgIpc) is 1.00. The first-order valence-electron chi connectivity index (χ1n) is 0.204. The van der Waals surface area contributed by atoms with E-state index in [1.165, 1.54) is 0 Å². The number of rotatable bonds is 0. The van der Waals surface area contributed by atoms with Crippen LogP contribution in [0.1, 0.15) is 0 Å². The molecule has 15 valence electrons. The van der Waals surface area contributed by atoms with Crippen LogP contribution in [0.25, 0.3) is 0 Å². The summed E-state index contributed by atoms with van der Waals surface area (Å²) >= 11 is 0.0556. The van der Waals surface area contributed by atoms with E-state index in [0.717, 1.165) is 0 Å². The predicted octanol–water partition coefficient (Wildman–Crippen LogP) is -0.883. The van der Waals surface area contributed by atoms with Crippen LogP contribution in [0.2, 0.25) is 0 Å². The third kappa shape index (κ3) is 8.88. The molecule has 0 fully saturated rings. The number of hydrogen-bond acceptors (Lipinski definition) is 1. The maximum atomic E-state index is 8.39. The van der Waals surface area contributed by atoms with E-state index in [9.17, 15) is 0 Å². The molecule has 0 aromatic carbocycles. The van der Waals surface area contributed by atoms with E-state index in [-0.39, 0.29) is 71.1 Å². The maximum Gasteiger partial charge on any atom is 0 e. The molecule has 0 aliphatic rings. The van der Waals surface area contributed by atoms with Gasteiger partial charge in [0.05, 0.1) is 0 Å². The molecule has 0 amide bonds. The van der Waals surface area contributed by atoms with Crippen LogP contribution in [0.4, 0.5) is 0 Å². The van der Waals surface area contributed by atoms with E-state index in [0.29, 0.717) is 0 Å². The van der Waals surface area contributed by atoms with Crippen molar-refractivity contribution in [3.63, 3.8) is 0 Å². The zero-order valence-electron chi connectivity index (χ0n) is 2.19. The van der Waals surface area contributed by atoms with Crippen molar-refractivity contribution in [3.8, 4) is 0 Å². The molecule has 0 aliphatic heterocycles. The SMILES string of the molecule is [In].[O]=[Pb].[Zn]. The average molecular weight is 403 g/mol. The Morgan fingerprint density at radius 2 is 1.25 bits per heavy atom. The van der Waals surface area contributed by atoms with Crippen LogP contribution in [0.15, 0.2) is 0 Å². The molecule has 0 saturated heterocycles. The maximum absolute atomic E-state index is 8.39. The van der Waals surface area contributed by atoms with Crippen molar-refractivity contribution in [3.05, 3.63) is 0 Å². The van der Waals surface area contributed by atoms with Crippen molar-refractivity contribution >= 4 is 51.6 Å². The molecule has 0 spiro atoms. The van der Waals surface area contributed by atoms with E-state index >= 15 is 0 Å². The summed E-state index contributed by atoms with van der Waals surface area (Å²) in [6.07, 6.45) is 0. The molecule has 5 radical (unpaired) electrons. The fraction of sp³-hybridized carbons (Fsp3) is 0. The van der Waals surface area contributed by atoms with E-state index in [4.69, 9.17) is 2.69 Å². The predicted molar refractivity (Wildman–Crippen MR) is 12.2 cm³/mol. The van der Waals surface area contributed by atoms with Gasteiger partial charge in [0.15, 0.2) is 0 Å². The van der Waals surface area contributed by atoms with Crippen LogP contribution in [0.5, 0.6) is 0 Å². The van der Waals surface area contributed by atoms with Crippen LogP contribution in [-0.4, -0.2) is 51.6 Å². The minimum Gasteiger partial charge on any atom is 0 e. The van der Waals surface area contributed by atoms with Crippen molar-refractivity contribution in [2.45, 2.75) is 0 Å². The minimum absolute atomic E-state index is 0. The van der Waals surface area contributed by atoms with Gasteiger partial charge in [-0.25, -0.2) is 0 Å². The van der Waals surface area contributed by atoms with Crippen LogP contribution in [-0.2, 0) is 22.2 Å². The Bertz CT molecular complexity index is 8.00. The van der Waals surface area contributed by atoms with Crippen molar-refractivity contribution in [1.29, 1.82) is 0 Å². The molecule has 0 heterocycles. The number of hydrogen-bond donors (Lipinski definition) is 0. The molecule has 0 aromatic heterocycles. The van der Waals surface area contributed by atoms with Crippen LogP contribution in [0, 0.1) is 0 Å². The molecule has 0 unspecified atom stereocenters. The van der Waals surface area contributed by atoms with E-state index < -0.39 is 0 Å². The molecule has 4 heavy (non-hydrogen) atoms. The van der Waals surface area contributed by atoms with E-state index in [1.807, 2.05) is 0 Å². The van der Waals surface area contributed by atoms with Crippen molar-refractivity contribution < 1.29 is 22.2 Å². The Kier molecular flexibility index (Phi) is 77.2. The fourth-order valence-electron chi connectivity index (χ4n) is 0. The zero-order valence-corrected chi connectivity index (χ0v) is 12.3. The first-order chi connectivity index (χ1) is 1.00. The second kappa shape index (κ2) is 18.9. The van der Waals surface area contributed by atoms with Gasteiger partial charge in [-0.1, -0.05) is 0 Å². The largest absolute Gasteiger partial charge is 0 e. The Balaban J connectivity index is -0.00000000500. The third-order valence-electron chi connectivity index (χ3n) is 0. The Morgan fingerprint density at radius 3 is 1.25 bits per heavy atom. The summed E-state index contributed by atoms with van der Waals surface area (Å²) in [5.74, 6) is 0. The summed E-state index contributed by atoms with van der Waals surface area (Å²) in [5, 5.41) is 0. The zero-order chi connectivity index (χ0) is 2.00. The van der Waals surface area contributed by atoms with E-state index in [2.05, 4.69) is 0 Å². The van der Waals surface area contributed by atoms with Gasteiger partial charge in [-0.05, 0) is 0 Å². The smallest absolute Gasteiger partial charge is 0 e. The summed E-state index contributed by atoms with van der Waals surface area (Å²) in [6.45, 7) is 0. The molecule has 0 N–H and O–H groups in total. The van der Waals surface area contributed by atoms with Gasteiger partial charge in [-0.3, -0.25) is 0 Å². The first-order valence-corrected chi connectivity index (χ1v) is 1.79. The molecule has 0 bridgehead atoms. The molecule has 0 atom stereocenters. The van der Waals surface area contributed by atoms with Crippen LogP contribution in [0.3, 0.4) is 0 Å². The Morgan fingerprint density at radius 1 is 1.25 bits per heavy atom. The van der Waals surface area contributed by atoms with Gasteiger partial charge in [0.1, 0.15) is 0 Å². The molecule has 0 aromatic rings. The van der Waals surface area contributed by atoms with Crippen molar-refractivity contribution in [2.75, 3.05) is 0 Å².